The molecular formula is C21H21FN4O4S. The van der Waals surface area contributed by atoms with Crippen molar-refractivity contribution in [3.05, 3.63) is 58.0 Å². The fraction of sp³-hybridized carbons (Fsp3) is 0.333. The van der Waals surface area contributed by atoms with Crippen LogP contribution in [0.4, 0.5) is 9.18 Å². The highest BCUT2D eigenvalue weighted by molar-refractivity contribution is 7.12. The number of rotatable bonds is 4. The lowest BCUT2D eigenvalue weighted by atomic mass is 9.92. The molecule has 2 fully saturated rings. The van der Waals surface area contributed by atoms with Crippen LogP contribution >= 0.6 is 11.3 Å². The Morgan fingerprint density at radius 1 is 1.06 bits per heavy atom. The van der Waals surface area contributed by atoms with Gasteiger partial charge in [0.05, 0.1) is 4.88 Å². The van der Waals surface area contributed by atoms with E-state index in [4.69, 9.17) is 0 Å². The second kappa shape index (κ2) is 8.10. The molecule has 0 radical (unpaired) electrons. The van der Waals surface area contributed by atoms with E-state index in [1.807, 2.05) is 11.4 Å². The number of urea groups is 1. The Morgan fingerprint density at radius 3 is 2.32 bits per heavy atom. The van der Waals surface area contributed by atoms with Gasteiger partial charge < -0.3 is 15.1 Å². The molecular weight excluding hydrogens is 423 g/mol. The van der Waals surface area contributed by atoms with Gasteiger partial charge in [-0.3, -0.25) is 19.3 Å². The maximum absolute atomic E-state index is 13.2. The summed E-state index contributed by atoms with van der Waals surface area (Å²) in [7, 11) is 0. The Morgan fingerprint density at radius 2 is 1.71 bits per heavy atom. The first-order valence-corrected chi connectivity index (χ1v) is 10.7. The molecule has 2 aliphatic rings. The molecule has 5 amide bonds. The summed E-state index contributed by atoms with van der Waals surface area (Å²) in [6.07, 6.45) is 0. The van der Waals surface area contributed by atoms with Crippen LogP contribution in [0.2, 0.25) is 0 Å². The van der Waals surface area contributed by atoms with Gasteiger partial charge in [-0.1, -0.05) is 18.2 Å². The lowest BCUT2D eigenvalue weighted by Crippen LogP contribution is -2.53. The molecule has 0 bridgehead atoms. The molecule has 1 aromatic carbocycles. The van der Waals surface area contributed by atoms with E-state index in [1.165, 1.54) is 42.5 Å². The first kappa shape index (κ1) is 21.0. The summed E-state index contributed by atoms with van der Waals surface area (Å²) < 4.78 is 13.2. The fourth-order valence-corrected chi connectivity index (χ4v) is 4.46. The van der Waals surface area contributed by atoms with Gasteiger partial charge in [-0.15, -0.1) is 11.3 Å². The number of halogens is 1. The lowest BCUT2D eigenvalue weighted by Gasteiger charge is -2.35. The molecule has 1 N–H and O–H groups in total. The predicted molar refractivity (Wildman–Crippen MR) is 111 cm³/mol. The molecule has 2 saturated heterocycles. The van der Waals surface area contributed by atoms with Crippen molar-refractivity contribution >= 4 is 35.1 Å². The maximum Gasteiger partial charge on any atom is 0.325 e. The van der Waals surface area contributed by atoms with E-state index < -0.39 is 23.3 Å². The maximum atomic E-state index is 13.2. The zero-order valence-corrected chi connectivity index (χ0v) is 17.7. The largest absolute Gasteiger partial charge is 0.338 e. The highest BCUT2D eigenvalue weighted by Gasteiger charge is 2.49. The van der Waals surface area contributed by atoms with Crippen molar-refractivity contribution in [2.45, 2.75) is 12.5 Å². The van der Waals surface area contributed by atoms with Crippen molar-refractivity contribution in [1.82, 2.24) is 20.0 Å². The van der Waals surface area contributed by atoms with Gasteiger partial charge in [0.2, 0.25) is 5.91 Å². The number of carbonyl (C=O) groups is 4. The number of thiophene rings is 1. The Bertz CT molecular complexity index is 1020. The van der Waals surface area contributed by atoms with E-state index in [0.29, 0.717) is 36.6 Å². The number of piperazine rings is 1. The fourth-order valence-electron chi connectivity index (χ4n) is 3.77. The second-order valence-electron chi connectivity index (χ2n) is 7.60. The third-order valence-electron chi connectivity index (χ3n) is 5.64. The smallest absolute Gasteiger partial charge is 0.325 e. The number of benzene rings is 1. The highest BCUT2D eigenvalue weighted by Crippen LogP contribution is 2.29. The third-order valence-corrected chi connectivity index (χ3v) is 6.50. The number of nitrogens with zero attached hydrogens (tertiary/aromatic N) is 3. The quantitative estimate of drug-likeness (QED) is 0.726. The number of hydrogen-bond acceptors (Lipinski definition) is 5. The first-order valence-electron chi connectivity index (χ1n) is 9.80. The summed E-state index contributed by atoms with van der Waals surface area (Å²) in [6.45, 7) is 2.57. The Kier molecular flexibility index (Phi) is 5.48. The minimum atomic E-state index is -1.36. The molecule has 10 heteroatoms. The van der Waals surface area contributed by atoms with Crippen LogP contribution in [0.15, 0.2) is 41.8 Å². The standard InChI is InChI=1S/C21H21FN4O4S/c1-21(14-4-6-15(22)7-5-14)19(29)26(20(30)23-21)13-17(27)24-8-10-25(11-9-24)18(28)16-3-2-12-31-16/h2-7,12H,8-11,13H2,1H3,(H,23,30). The van der Waals surface area contributed by atoms with Gasteiger partial charge in [0.25, 0.3) is 11.8 Å². The molecule has 1 aromatic heterocycles. The van der Waals surface area contributed by atoms with Crippen molar-refractivity contribution in [3.63, 3.8) is 0 Å². The van der Waals surface area contributed by atoms with Crippen LogP contribution in [-0.2, 0) is 15.1 Å². The average molecular weight is 444 g/mol. The van der Waals surface area contributed by atoms with Crippen LogP contribution in [0.5, 0.6) is 0 Å². The lowest BCUT2D eigenvalue weighted by molar-refractivity contribution is -0.139. The number of carbonyl (C=O) groups excluding carboxylic acids is 4. The molecule has 3 heterocycles. The van der Waals surface area contributed by atoms with Gasteiger partial charge in [0.1, 0.15) is 17.9 Å². The zero-order valence-electron chi connectivity index (χ0n) is 16.8. The van der Waals surface area contributed by atoms with Gasteiger partial charge in [0, 0.05) is 26.2 Å². The van der Waals surface area contributed by atoms with Crippen molar-refractivity contribution in [3.8, 4) is 0 Å². The Hall–Kier alpha value is -3.27. The average Bonchev–Trinajstić information content (AvgIpc) is 3.38. The molecule has 2 aliphatic heterocycles. The predicted octanol–water partition coefficient (Wildman–Crippen LogP) is 1.64. The van der Waals surface area contributed by atoms with Crippen molar-refractivity contribution in [2.24, 2.45) is 0 Å². The van der Waals surface area contributed by atoms with Crippen LogP contribution in [0.1, 0.15) is 22.2 Å². The molecule has 2 aromatic rings. The van der Waals surface area contributed by atoms with E-state index in [1.54, 1.807) is 15.9 Å². The molecule has 0 spiro atoms. The summed E-state index contributed by atoms with van der Waals surface area (Å²) >= 11 is 1.37. The molecule has 31 heavy (non-hydrogen) atoms. The molecule has 162 valence electrons. The SMILES string of the molecule is CC1(c2ccc(F)cc2)NC(=O)N(CC(=O)N2CCN(C(=O)c3cccs3)CC2)C1=O. The summed E-state index contributed by atoms with van der Waals surface area (Å²) in [5, 5.41) is 4.44. The van der Waals surface area contributed by atoms with E-state index in [0.717, 1.165) is 4.90 Å². The number of nitrogens with one attached hydrogen (secondary N) is 1. The zero-order chi connectivity index (χ0) is 22.2. The second-order valence-corrected chi connectivity index (χ2v) is 8.55. The number of imide groups is 1. The van der Waals surface area contributed by atoms with Gasteiger partial charge >= 0.3 is 6.03 Å². The van der Waals surface area contributed by atoms with E-state index >= 15 is 0 Å². The summed E-state index contributed by atoms with van der Waals surface area (Å²) in [5.74, 6) is -1.45. The molecule has 0 aliphatic carbocycles. The molecule has 8 nitrogen and oxygen atoms in total. The van der Waals surface area contributed by atoms with E-state index in [2.05, 4.69) is 5.32 Å². The number of hydrogen-bond donors (Lipinski definition) is 1. The summed E-state index contributed by atoms with van der Waals surface area (Å²) in [6, 6.07) is 8.20. The minimum Gasteiger partial charge on any atom is -0.338 e. The summed E-state index contributed by atoms with van der Waals surface area (Å²) in [5.41, 5.74) is -0.931. The van der Waals surface area contributed by atoms with E-state index in [-0.39, 0.29) is 18.4 Å². The minimum absolute atomic E-state index is 0.0636. The topological polar surface area (TPSA) is 90.0 Å². The Balaban J connectivity index is 1.37. The normalized spacial score (nSPS) is 21.4. The van der Waals surface area contributed by atoms with Crippen molar-refractivity contribution in [2.75, 3.05) is 32.7 Å². The van der Waals surface area contributed by atoms with Crippen molar-refractivity contribution in [1.29, 1.82) is 0 Å². The highest BCUT2D eigenvalue weighted by atomic mass is 32.1. The van der Waals surface area contributed by atoms with Crippen molar-refractivity contribution < 1.29 is 23.6 Å². The van der Waals surface area contributed by atoms with Crippen LogP contribution in [0.25, 0.3) is 0 Å². The van der Waals surface area contributed by atoms with Crippen LogP contribution in [0.3, 0.4) is 0 Å². The first-order chi connectivity index (χ1) is 14.8. The number of amides is 5. The Labute approximate surface area is 182 Å². The van der Waals surface area contributed by atoms with Crippen LogP contribution < -0.4 is 5.32 Å². The molecule has 1 unspecified atom stereocenters. The van der Waals surface area contributed by atoms with Gasteiger partial charge in [0.15, 0.2) is 0 Å². The third kappa shape index (κ3) is 3.90. The van der Waals surface area contributed by atoms with Crippen LogP contribution in [0, 0.1) is 5.82 Å². The molecule has 4 rings (SSSR count). The molecule has 1 atom stereocenters. The van der Waals surface area contributed by atoms with Gasteiger partial charge in [-0.25, -0.2) is 9.18 Å². The van der Waals surface area contributed by atoms with Gasteiger partial charge in [-0.2, -0.15) is 0 Å². The molecule has 0 saturated carbocycles. The monoisotopic (exact) mass is 444 g/mol. The van der Waals surface area contributed by atoms with Crippen LogP contribution in [-0.4, -0.2) is 71.2 Å². The van der Waals surface area contributed by atoms with Gasteiger partial charge in [-0.05, 0) is 36.1 Å². The van der Waals surface area contributed by atoms with E-state index in [9.17, 15) is 23.6 Å². The summed E-state index contributed by atoms with van der Waals surface area (Å²) in [4.78, 5) is 55.3.